The third-order valence-electron chi connectivity index (χ3n) is 3.71. The molecular weight excluding hydrogens is 336 g/mol. The largest absolute Gasteiger partial charge is 0.447 e. The molecule has 4 rings (SSSR count). The van der Waals surface area contributed by atoms with Crippen molar-refractivity contribution in [2.24, 2.45) is 0 Å². The summed E-state index contributed by atoms with van der Waals surface area (Å²) in [6, 6.07) is 11.1. The molecule has 0 saturated carbocycles. The molecule has 9 nitrogen and oxygen atoms in total. The van der Waals surface area contributed by atoms with Crippen molar-refractivity contribution in [3.05, 3.63) is 60.0 Å². The Hall–Kier alpha value is -3.62. The number of ether oxygens (including phenoxy) is 1. The van der Waals surface area contributed by atoms with Crippen LogP contribution < -0.4 is 0 Å². The van der Waals surface area contributed by atoms with Crippen molar-refractivity contribution in [1.82, 2.24) is 29.8 Å². The lowest BCUT2D eigenvalue weighted by molar-refractivity contribution is 0.0266. The minimum atomic E-state index is -0.742. The van der Waals surface area contributed by atoms with Crippen molar-refractivity contribution in [3.63, 3.8) is 0 Å². The first-order valence-corrected chi connectivity index (χ1v) is 7.90. The molecule has 0 aliphatic carbocycles. The van der Waals surface area contributed by atoms with Crippen LogP contribution in [0.5, 0.6) is 0 Å². The van der Waals surface area contributed by atoms with E-state index >= 15 is 0 Å². The highest BCUT2D eigenvalue weighted by Gasteiger charge is 2.23. The van der Waals surface area contributed by atoms with Gasteiger partial charge in [-0.25, -0.2) is 14.3 Å². The van der Waals surface area contributed by atoms with Crippen LogP contribution in [0.1, 0.15) is 35.2 Å². The fourth-order valence-electron chi connectivity index (χ4n) is 2.35. The van der Waals surface area contributed by atoms with Gasteiger partial charge in [-0.05, 0) is 32.0 Å². The molecule has 1 aromatic carbocycles. The van der Waals surface area contributed by atoms with Crippen LogP contribution in [0.3, 0.4) is 0 Å². The van der Waals surface area contributed by atoms with Crippen LogP contribution in [0.15, 0.2) is 47.0 Å². The summed E-state index contributed by atoms with van der Waals surface area (Å²) < 4.78 is 12.4. The number of hydrogen-bond acceptors (Lipinski definition) is 8. The molecule has 0 aliphatic heterocycles. The van der Waals surface area contributed by atoms with E-state index in [1.807, 2.05) is 37.3 Å². The lowest BCUT2D eigenvalue weighted by Crippen LogP contribution is -2.11. The molecular formula is C17H14N6O3. The maximum atomic E-state index is 12.3. The van der Waals surface area contributed by atoms with Gasteiger partial charge in [0.1, 0.15) is 0 Å². The third kappa shape index (κ3) is 2.90. The molecule has 0 radical (unpaired) electrons. The number of fused-ring (bicyclic) bond motifs is 1. The van der Waals surface area contributed by atoms with Crippen LogP contribution >= 0.6 is 0 Å². The molecule has 1 atom stereocenters. The maximum Gasteiger partial charge on any atom is 0.379 e. The number of aryl methyl sites for hydroxylation is 1. The topological polar surface area (TPSA) is 108 Å². The summed E-state index contributed by atoms with van der Waals surface area (Å²) in [6.07, 6.45) is 0.855. The Kier molecular flexibility index (Phi) is 3.88. The number of carbonyl (C=O) groups excluding carboxylic acids is 1. The van der Waals surface area contributed by atoms with Crippen LogP contribution in [0.2, 0.25) is 0 Å². The van der Waals surface area contributed by atoms with E-state index in [-0.39, 0.29) is 11.7 Å². The van der Waals surface area contributed by atoms with Crippen LogP contribution in [0.25, 0.3) is 17.2 Å². The van der Waals surface area contributed by atoms with Gasteiger partial charge in [0.15, 0.2) is 6.10 Å². The number of hydrogen-bond donors (Lipinski definition) is 0. The predicted octanol–water partition coefficient (Wildman–Crippen LogP) is 2.40. The molecule has 3 aromatic heterocycles. The van der Waals surface area contributed by atoms with Crippen molar-refractivity contribution in [2.75, 3.05) is 0 Å². The lowest BCUT2D eigenvalue weighted by Gasteiger charge is -2.06. The summed E-state index contributed by atoms with van der Waals surface area (Å²) in [7, 11) is 0. The molecule has 0 amide bonds. The lowest BCUT2D eigenvalue weighted by atomic mass is 10.2. The Morgan fingerprint density at radius 1 is 1.19 bits per heavy atom. The average molecular weight is 350 g/mol. The first kappa shape index (κ1) is 15.9. The van der Waals surface area contributed by atoms with Crippen LogP contribution in [-0.2, 0) is 4.74 Å². The molecule has 3 heterocycles. The fraction of sp³-hybridized carbons (Fsp3) is 0.176. The van der Waals surface area contributed by atoms with Gasteiger partial charge in [0.05, 0.1) is 0 Å². The van der Waals surface area contributed by atoms with E-state index in [0.717, 1.165) is 11.3 Å². The number of rotatable bonds is 4. The van der Waals surface area contributed by atoms with Gasteiger partial charge in [-0.2, -0.15) is 4.98 Å². The maximum absolute atomic E-state index is 12.3. The van der Waals surface area contributed by atoms with Gasteiger partial charge < -0.3 is 9.15 Å². The molecule has 0 N–H and O–H groups in total. The van der Waals surface area contributed by atoms with Gasteiger partial charge in [-0.15, -0.1) is 15.3 Å². The third-order valence-corrected chi connectivity index (χ3v) is 3.71. The number of esters is 1. The number of aromatic nitrogens is 6. The summed E-state index contributed by atoms with van der Waals surface area (Å²) >= 11 is 0. The van der Waals surface area contributed by atoms with Crippen LogP contribution in [0.4, 0.5) is 0 Å². The molecule has 0 bridgehead atoms. The van der Waals surface area contributed by atoms with Gasteiger partial charge >= 0.3 is 5.97 Å². The first-order valence-electron chi connectivity index (χ1n) is 7.90. The van der Waals surface area contributed by atoms with Gasteiger partial charge in [0.25, 0.3) is 17.5 Å². The zero-order valence-corrected chi connectivity index (χ0v) is 14.0. The van der Waals surface area contributed by atoms with E-state index in [1.54, 1.807) is 19.2 Å². The second-order valence-electron chi connectivity index (χ2n) is 5.59. The summed E-state index contributed by atoms with van der Waals surface area (Å²) in [5.41, 5.74) is 1.59. The van der Waals surface area contributed by atoms with Crippen molar-refractivity contribution in [3.8, 4) is 11.5 Å². The number of carbonyl (C=O) groups is 1. The normalized spacial score (nSPS) is 12.2. The highest BCUT2D eigenvalue weighted by Crippen LogP contribution is 2.22. The smallest absolute Gasteiger partial charge is 0.379 e. The summed E-state index contributed by atoms with van der Waals surface area (Å²) in [5, 5.41) is 12.0. The predicted molar refractivity (Wildman–Crippen MR) is 89.1 cm³/mol. The fourth-order valence-corrected chi connectivity index (χ4v) is 2.35. The zero-order valence-electron chi connectivity index (χ0n) is 14.0. The van der Waals surface area contributed by atoms with Gasteiger partial charge in [-0.1, -0.05) is 18.2 Å². The molecule has 4 aromatic rings. The van der Waals surface area contributed by atoms with Crippen molar-refractivity contribution in [2.45, 2.75) is 20.0 Å². The standard InChI is InChI=1S/C17H14N6O3/c1-10-8-9-18-17-19-13(22-23(10)17)16(24)25-11(2)14-20-21-15(26-14)12-6-4-3-5-7-12/h3-9,11H,1-2H3. The monoisotopic (exact) mass is 350 g/mol. The average Bonchev–Trinajstić information content (AvgIpc) is 3.30. The van der Waals surface area contributed by atoms with Crippen molar-refractivity contribution in [1.29, 1.82) is 0 Å². The van der Waals surface area contributed by atoms with Crippen molar-refractivity contribution < 1.29 is 13.9 Å². The van der Waals surface area contributed by atoms with Crippen molar-refractivity contribution >= 4 is 11.7 Å². The molecule has 1 unspecified atom stereocenters. The number of nitrogens with zero attached hydrogens (tertiary/aromatic N) is 6. The highest BCUT2D eigenvalue weighted by molar-refractivity contribution is 5.85. The van der Waals surface area contributed by atoms with E-state index in [4.69, 9.17) is 9.15 Å². The Morgan fingerprint density at radius 2 is 2.00 bits per heavy atom. The Morgan fingerprint density at radius 3 is 2.77 bits per heavy atom. The van der Waals surface area contributed by atoms with Crippen LogP contribution in [0, 0.1) is 6.92 Å². The Bertz CT molecular complexity index is 1070. The molecule has 0 saturated heterocycles. The molecule has 0 aliphatic rings. The quantitative estimate of drug-likeness (QED) is 0.516. The summed E-state index contributed by atoms with van der Waals surface area (Å²) in [5.74, 6) is 0.0986. The molecule has 0 fully saturated rings. The molecule has 130 valence electrons. The second kappa shape index (κ2) is 6.36. The van der Waals surface area contributed by atoms with E-state index in [2.05, 4.69) is 25.3 Å². The summed E-state index contributed by atoms with van der Waals surface area (Å²) in [6.45, 7) is 3.48. The SMILES string of the molecule is Cc1ccnc2nc(C(=O)OC(C)c3nnc(-c4ccccc4)o3)nn12. The van der Waals surface area contributed by atoms with Crippen LogP contribution in [-0.4, -0.2) is 35.7 Å². The molecule has 0 spiro atoms. The second-order valence-corrected chi connectivity index (χ2v) is 5.59. The van der Waals surface area contributed by atoms with E-state index < -0.39 is 12.1 Å². The van der Waals surface area contributed by atoms with Gasteiger partial charge in [0, 0.05) is 17.5 Å². The van der Waals surface area contributed by atoms with Gasteiger partial charge in [0.2, 0.25) is 5.89 Å². The van der Waals surface area contributed by atoms with E-state index in [1.165, 1.54) is 4.52 Å². The van der Waals surface area contributed by atoms with E-state index in [0.29, 0.717) is 11.7 Å². The highest BCUT2D eigenvalue weighted by atomic mass is 16.6. The van der Waals surface area contributed by atoms with Gasteiger partial charge in [-0.3, -0.25) is 0 Å². The molecule has 26 heavy (non-hydrogen) atoms. The zero-order chi connectivity index (χ0) is 18.1. The minimum Gasteiger partial charge on any atom is -0.447 e. The Balaban J connectivity index is 1.52. The first-order chi connectivity index (χ1) is 12.6. The summed E-state index contributed by atoms with van der Waals surface area (Å²) in [4.78, 5) is 20.4. The Labute approximate surface area is 147 Å². The number of benzene rings is 1. The molecule has 9 heteroatoms. The minimum absolute atomic E-state index is 0.0820. The van der Waals surface area contributed by atoms with E-state index in [9.17, 15) is 4.79 Å².